The number of imidazole rings is 1. The van der Waals surface area contributed by atoms with E-state index in [4.69, 9.17) is 0 Å². The fourth-order valence-corrected chi connectivity index (χ4v) is 6.01. The van der Waals surface area contributed by atoms with Gasteiger partial charge in [-0.3, -0.25) is 4.79 Å². The number of anilines is 1. The summed E-state index contributed by atoms with van der Waals surface area (Å²) in [7, 11) is -3.60. The lowest BCUT2D eigenvalue weighted by Crippen LogP contribution is -2.52. The van der Waals surface area contributed by atoms with E-state index in [1.807, 2.05) is 11.8 Å². The van der Waals surface area contributed by atoms with Crippen LogP contribution in [0.4, 0.5) is 5.69 Å². The first-order valence-electron chi connectivity index (χ1n) is 11.4. The van der Waals surface area contributed by atoms with Crippen molar-refractivity contribution in [2.75, 3.05) is 44.2 Å². The number of sulfonamides is 1. The fourth-order valence-electron chi connectivity index (χ4n) is 4.61. The van der Waals surface area contributed by atoms with Crippen molar-refractivity contribution in [3.05, 3.63) is 41.9 Å². The SMILES string of the molecule is CCn1cnc(S(=O)(=O)N2CCC(C(=O)N3CCN(c4cc(C)ccc4C)CC3)CC2)c1. The zero-order valence-corrected chi connectivity index (χ0v) is 20.0. The molecule has 2 aromatic rings. The van der Waals surface area contributed by atoms with Gasteiger partial charge < -0.3 is 14.4 Å². The van der Waals surface area contributed by atoms with Gasteiger partial charge in [-0.15, -0.1) is 0 Å². The predicted molar refractivity (Wildman–Crippen MR) is 124 cm³/mol. The van der Waals surface area contributed by atoms with Gasteiger partial charge in [0.15, 0.2) is 5.03 Å². The van der Waals surface area contributed by atoms with Crippen molar-refractivity contribution in [3.63, 3.8) is 0 Å². The van der Waals surface area contributed by atoms with Gasteiger partial charge in [-0.25, -0.2) is 13.4 Å². The molecule has 174 valence electrons. The predicted octanol–water partition coefficient (Wildman–Crippen LogP) is 2.27. The molecule has 4 rings (SSSR count). The Labute approximate surface area is 190 Å². The molecular weight excluding hydrogens is 426 g/mol. The van der Waals surface area contributed by atoms with Crippen molar-refractivity contribution in [2.24, 2.45) is 5.92 Å². The molecule has 2 aliphatic rings. The molecule has 9 heteroatoms. The second-order valence-electron chi connectivity index (χ2n) is 8.82. The van der Waals surface area contributed by atoms with E-state index in [1.54, 1.807) is 17.1 Å². The smallest absolute Gasteiger partial charge is 0.262 e. The average Bonchev–Trinajstić information content (AvgIpc) is 3.31. The third-order valence-electron chi connectivity index (χ3n) is 6.68. The molecule has 0 radical (unpaired) electrons. The van der Waals surface area contributed by atoms with Gasteiger partial charge in [0.05, 0.1) is 6.33 Å². The molecule has 0 spiro atoms. The number of nitrogens with zero attached hydrogens (tertiary/aromatic N) is 5. The van der Waals surface area contributed by atoms with Crippen LogP contribution in [0.5, 0.6) is 0 Å². The van der Waals surface area contributed by atoms with E-state index in [2.05, 4.69) is 41.9 Å². The molecule has 8 nitrogen and oxygen atoms in total. The summed E-state index contributed by atoms with van der Waals surface area (Å²) in [5.74, 6) is 0.0554. The van der Waals surface area contributed by atoms with Crippen molar-refractivity contribution in [1.29, 1.82) is 0 Å². The first-order valence-corrected chi connectivity index (χ1v) is 12.9. The Morgan fingerprint density at radius 3 is 2.38 bits per heavy atom. The average molecular weight is 460 g/mol. The first-order chi connectivity index (χ1) is 15.3. The molecule has 0 atom stereocenters. The zero-order valence-electron chi connectivity index (χ0n) is 19.2. The molecule has 2 aliphatic heterocycles. The lowest BCUT2D eigenvalue weighted by Gasteiger charge is -2.39. The van der Waals surface area contributed by atoms with Crippen LogP contribution in [0, 0.1) is 19.8 Å². The number of hydrogen-bond acceptors (Lipinski definition) is 5. The van der Waals surface area contributed by atoms with E-state index in [9.17, 15) is 13.2 Å². The zero-order chi connectivity index (χ0) is 22.9. The molecule has 1 aromatic carbocycles. The molecule has 0 aliphatic carbocycles. The molecule has 1 aromatic heterocycles. The maximum absolute atomic E-state index is 13.1. The molecule has 32 heavy (non-hydrogen) atoms. The molecule has 1 amide bonds. The molecule has 0 saturated carbocycles. The van der Waals surface area contributed by atoms with E-state index in [1.165, 1.54) is 21.1 Å². The fraction of sp³-hybridized carbons (Fsp3) is 0.565. The Hall–Kier alpha value is -2.39. The van der Waals surface area contributed by atoms with Crippen LogP contribution in [0.25, 0.3) is 0 Å². The summed E-state index contributed by atoms with van der Waals surface area (Å²) in [6.07, 6.45) is 4.23. The number of aromatic nitrogens is 2. The van der Waals surface area contributed by atoms with Gasteiger partial charge in [-0.1, -0.05) is 12.1 Å². The molecular formula is C23H33N5O3S. The standard InChI is InChI=1S/C23H33N5O3S/c1-4-25-16-22(24-17-25)32(30,31)28-9-7-20(8-10-28)23(29)27-13-11-26(12-14-27)21-15-18(2)5-6-19(21)3/h5-6,15-17,20H,4,7-14H2,1-3H3. The Morgan fingerprint density at radius 2 is 1.75 bits per heavy atom. The van der Waals surface area contributed by atoms with Crippen LogP contribution < -0.4 is 4.90 Å². The van der Waals surface area contributed by atoms with Gasteiger partial charge in [0.25, 0.3) is 10.0 Å². The number of aryl methyl sites for hydroxylation is 3. The van der Waals surface area contributed by atoms with Crippen molar-refractivity contribution in [1.82, 2.24) is 18.8 Å². The lowest BCUT2D eigenvalue weighted by atomic mass is 9.96. The summed E-state index contributed by atoms with van der Waals surface area (Å²) in [6, 6.07) is 6.49. The Kier molecular flexibility index (Phi) is 6.57. The molecule has 0 bridgehead atoms. The largest absolute Gasteiger partial charge is 0.368 e. The third-order valence-corrected chi connectivity index (χ3v) is 8.46. The second kappa shape index (κ2) is 9.23. The molecule has 2 saturated heterocycles. The topological polar surface area (TPSA) is 78.8 Å². The maximum Gasteiger partial charge on any atom is 0.262 e. The first kappa shape index (κ1) is 22.8. The van der Waals surface area contributed by atoms with Crippen LogP contribution in [-0.4, -0.2) is 72.3 Å². The van der Waals surface area contributed by atoms with E-state index in [0.29, 0.717) is 45.6 Å². The number of rotatable bonds is 5. The minimum Gasteiger partial charge on any atom is -0.368 e. The van der Waals surface area contributed by atoms with Gasteiger partial charge in [0.2, 0.25) is 5.91 Å². The highest BCUT2D eigenvalue weighted by Crippen LogP contribution is 2.27. The van der Waals surface area contributed by atoms with Crippen LogP contribution in [0.1, 0.15) is 30.9 Å². The minimum atomic E-state index is -3.60. The van der Waals surface area contributed by atoms with Crippen molar-refractivity contribution in [3.8, 4) is 0 Å². The molecule has 2 fully saturated rings. The summed E-state index contributed by atoms with van der Waals surface area (Å²) in [6.45, 7) is 10.6. The van der Waals surface area contributed by atoms with Crippen LogP contribution in [-0.2, 0) is 21.4 Å². The highest BCUT2D eigenvalue weighted by atomic mass is 32.2. The Balaban J connectivity index is 1.32. The number of carbonyl (C=O) groups is 1. The lowest BCUT2D eigenvalue weighted by molar-refractivity contribution is -0.137. The molecule has 0 N–H and O–H groups in total. The van der Waals surface area contributed by atoms with Gasteiger partial charge >= 0.3 is 0 Å². The number of piperidine rings is 1. The van der Waals surface area contributed by atoms with E-state index in [-0.39, 0.29) is 16.9 Å². The summed E-state index contributed by atoms with van der Waals surface area (Å²) >= 11 is 0. The quantitative estimate of drug-likeness (QED) is 0.685. The highest BCUT2D eigenvalue weighted by molar-refractivity contribution is 7.89. The monoisotopic (exact) mass is 459 g/mol. The number of hydrogen-bond donors (Lipinski definition) is 0. The van der Waals surface area contributed by atoms with Crippen LogP contribution in [0.2, 0.25) is 0 Å². The van der Waals surface area contributed by atoms with Crippen molar-refractivity contribution in [2.45, 2.75) is 45.2 Å². The van der Waals surface area contributed by atoms with Crippen LogP contribution in [0.3, 0.4) is 0 Å². The van der Waals surface area contributed by atoms with Gasteiger partial charge in [-0.2, -0.15) is 4.31 Å². The maximum atomic E-state index is 13.1. The second-order valence-corrected chi connectivity index (χ2v) is 10.7. The Bertz CT molecular complexity index is 1070. The van der Waals surface area contributed by atoms with Gasteiger partial charge in [-0.05, 0) is 50.8 Å². The third kappa shape index (κ3) is 4.54. The minimum absolute atomic E-state index is 0.0895. The number of carbonyl (C=O) groups excluding carboxylic acids is 1. The number of benzene rings is 1. The van der Waals surface area contributed by atoms with Crippen molar-refractivity contribution >= 4 is 21.6 Å². The summed E-state index contributed by atoms with van der Waals surface area (Å²) < 4.78 is 29.0. The Morgan fingerprint density at radius 1 is 1.06 bits per heavy atom. The van der Waals surface area contributed by atoms with Crippen molar-refractivity contribution < 1.29 is 13.2 Å². The molecule has 0 unspecified atom stereocenters. The van der Waals surface area contributed by atoms with E-state index in [0.717, 1.165) is 13.1 Å². The number of piperazine rings is 1. The normalized spacial score (nSPS) is 18.8. The summed E-state index contributed by atoms with van der Waals surface area (Å²) in [5, 5.41) is 0.0895. The van der Waals surface area contributed by atoms with E-state index < -0.39 is 10.0 Å². The van der Waals surface area contributed by atoms with Gasteiger partial charge in [0.1, 0.15) is 0 Å². The summed E-state index contributed by atoms with van der Waals surface area (Å²) in [5.41, 5.74) is 3.75. The van der Waals surface area contributed by atoms with Crippen LogP contribution >= 0.6 is 0 Å². The van der Waals surface area contributed by atoms with Crippen LogP contribution in [0.15, 0.2) is 35.7 Å². The highest BCUT2D eigenvalue weighted by Gasteiger charge is 2.35. The van der Waals surface area contributed by atoms with Gasteiger partial charge in [0, 0.05) is 63.6 Å². The van der Waals surface area contributed by atoms with E-state index >= 15 is 0 Å². The summed E-state index contributed by atoms with van der Waals surface area (Å²) in [4.78, 5) is 21.5. The number of amides is 1. The molecule has 3 heterocycles.